The summed E-state index contributed by atoms with van der Waals surface area (Å²) in [6, 6.07) is 25.2. The monoisotopic (exact) mass is 399 g/mol. The quantitative estimate of drug-likeness (QED) is 0.404. The fourth-order valence-corrected chi connectivity index (χ4v) is 3.83. The molecule has 0 saturated heterocycles. The van der Waals surface area contributed by atoms with Crippen LogP contribution in [0.25, 0.3) is 21.9 Å². The molecule has 2 heterocycles. The number of hydrogen-bond donors (Lipinski definition) is 1. The van der Waals surface area contributed by atoms with Crippen LogP contribution in [0.3, 0.4) is 0 Å². The molecule has 0 aliphatic heterocycles. The molecule has 29 heavy (non-hydrogen) atoms. The Balaban J connectivity index is 1.63. The minimum atomic E-state index is 0.190. The summed E-state index contributed by atoms with van der Waals surface area (Å²) < 4.78 is 0. The minimum absolute atomic E-state index is 0.190. The molecule has 142 valence electrons. The summed E-state index contributed by atoms with van der Waals surface area (Å²) in [5.74, 6) is 0.745. The van der Waals surface area contributed by atoms with Crippen molar-refractivity contribution in [2.24, 2.45) is 0 Å². The lowest BCUT2D eigenvalue weighted by Crippen LogP contribution is -2.24. The van der Waals surface area contributed by atoms with Crippen molar-refractivity contribution in [1.82, 2.24) is 19.9 Å². The van der Waals surface area contributed by atoms with E-state index in [-0.39, 0.29) is 5.28 Å². The van der Waals surface area contributed by atoms with Gasteiger partial charge < -0.3 is 9.88 Å². The molecule has 1 N–H and O–H groups in total. The van der Waals surface area contributed by atoms with Crippen LogP contribution in [0.2, 0.25) is 5.28 Å². The molecule has 5 rings (SSSR count). The molecule has 0 atom stereocenters. The number of hydrogen-bond acceptors (Lipinski definition) is 4. The SMILES string of the molecule is Clc1nc(N(Cc2ccccc2)Cc2cccc3ccccc23)c2[nH]cnc2n1. The molecule has 6 heteroatoms. The van der Waals surface area contributed by atoms with Crippen LogP contribution in [-0.2, 0) is 13.1 Å². The molecule has 0 fully saturated rings. The van der Waals surface area contributed by atoms with E-state index in [1.165, 1.54) is 21.9 Å². The van der Waals surface area contributed by atoms with E-state index in [9.17, 15) is 0 Å². The Hall–Kier alpha value is -3.44. The third-order valence-corrected chi connectivity index (χ3v) is 5.17. The topological polar surface area (TPSA) is 57.7 Å². The minimum Gasteiger partial charge on any atom is -0.346 e. The van der Waals surface area contributed by atoms with Crippen LogP contribution < -0.4 is 4.90 Å². The molecule has 0 spiro atoms. The van der Waals surface area contributed by atoms with Crippen LogP contribution in [0.15, 0.2) is 79.1 Å². The molecule has 5 aromatic rings. The molecule has 0 bridgehead atoms. The Morgan fingerprint density at radius 2 is 1.62 bits per heavy atom. The lowest BCUT2D eigenvalue weighted by Gasteiger charge is -2.25. The first-order valence-electron chi connectivity index (χ1n) is 9.40. The van der Waals surface area contributed by atoms with Crippen LogP contribution >= 0.6 is 11.6 Å². The largest absolute Gasteiger partial charge is 0.346 e. The standard InChI is InChI=1S/C23H18ClN5/c24-23-27-21-20(25-15-26-21)22(28-23)29(13-16-7-2-1-3-8-16)14-18-11-6-10-17-9-4-5-12-19(17)18/h1-12,15H,13-14H2,(H,25,26,27,28). The van der Waals surface area contributed by atoms with Gasteiger partial charge in [-0.15, -0.1) is 0 Å². The number of rotatable bonds is 5. The number of H-pyrrole nitrogens is 1. The van der Waals surface area contributed by atoms with Crippen molar-refractivity contribution in [1.29, 1.82) is 0 Å². The van der Waals surface area contributed by atoms with Gasteiger partial charge in [-0.3, -0.25) is 0 Å². The molecule has 0 saturated carbocycles. The smallest absolute Gasteiger partial charge is 0.226 e. The summed E-state index contributed by atoms with van der Waals surface area (Å²) in [4.78, 5) is 18.4. The van der Waals surface area contributed by atoms with Crippen molar-refractivity contribution in [2.45, 2.75) is 13.1 Å². The van der Waals surface area contributed by atoms with E-state index in [4.69, 9.17) is 11.6 Å². The Kier molecular flexibility index (Phi) is 4.58. The van der Waals surface area contributed by atoms with Gasteiger partial charge in [0.05, 0.1) is 6.33 Å². The number of aromatic amines is 1. The summed E-state index contributed by atoms with van der Waals surface area (Å²) >= 11 is 6.22. The zero-order chi connectivity index (χ0) is 19.6. The predicted molar refractivity (Wildman–Crippen MR) is 117 cm³/mol. The number of imidazole rings is 1. The lowest BCUT2D eigenvalue weighted by atomic mass is 10.0. The summed E-state index contributed by atoms with van der Waals surface area (Å²) in [5, 5.41) is 2.64. The number of nitrogens with zero attached hydrogens (tertiary/aromatic N) is 4. The first-order chi connectivity index (χ1) is 14.3. The van der Waals surface area contributed by atoms with Crippen molar-refractivity contribution < 1.29 is 0 Å². The number of benzene rings is 3. The highest BCUT2D eigenvalue weighted by atomic mass is 35.5. The Morgan fingerprint density at radius 3 is 2.52 bits per heavy atom. The maximum Gasteiger partial charge on any atom is 0.226 e. The fourth-order valence-electron chi connectivity index (χ4n) is 3.67. The van der Waals surface area contributed by atoms with Gasteiger partial charge in [0.15, 0.2) is 11.5 Å². The van der Waals surface area contributed by atoms with E-state index in [2.05, 4.69) is 79.4 Å². The van der Waals surface area contributed by atoms with E-state index < -0.39 is 0 Å². The van der Waals surface area contributed by atoms with Crippen LogP contribution in [0.5, 0.6) is 0 Å². The number of fused-ring (bicyclic) bond motifs is 2. The highest BCUT2D eigenvalue weighted by Gasteiger charge is 2.18. The lowest BCUT2D eigenvalue weighted by molar-refractivity contribution is 0.788. The van der Waals surface area contributed by atoms with E-state index in [0.29, 0.717) is 18.7 Å². The average Bonchev–Trinajstić information content (AvgIpc) is 3.22. The first-order valence-corrected chi connectivity index (χ1v) is 9.78. The normalized spacial score (nSPS) is 11.2. The molecule has 0 aliphatic rings. The van der Waals surface area contributed by atoms with Crippen molar-refractivity contribution in [3.05, 3.63) is 95.5 Å². The molecular formula is C23H18ClN5. The second-order valence-corrected chi connectivity index (χ2v) is 7.24. The van der Waals surface area contributed by atoms with Crippen LogP contribution in [-0.4, -0.2) is 19.9 Å². The highest BCUT2D eigenvalue weighted by Crippen LogP contribution is 2.28. The Bertz CT molecular complexity index is 1280. The molecule has 0 amide bonds. The molecule has 3 aromatic carbocycles. The first kappa shape index (κ1) is 17.6. The number of anilines is 1. The maximum atomic E-state index is 6.22. The van der Waals surface area contributed by atoms with Gasteiger partial charge in [0.25, 0.3) is 0 Å². The number of aromatic nitrogens is 4. The number of halogens is 1. The van der Waals surface area contributed by atoms with Crippen molar-refractivity contribution >= 4 is 39.4 Å². The molecule has 5 nitrogen and oxygen atoms in total. The summed E-state index contributed by atoms with van der Waals surface area (Å²) in [6.07, 6.45) is 1.62. The van der Waals surface area contributed by atoms with E-state index in [1.807, 2.05) is 18.2 Å². The van der Waals surface area contributed by atoms with E-state index in [1.54, 1.807) is 6.33 Å². The van der Waals surface area contributed by atoms with Gasteiger partial charge in [0.2, 0.25) is 5.28 Å². The van der Waals surface area contributed by atoms with Crippen molar-refractivity contribution in [3.63, 3.8) is 0 Å². The summed E-state index contributed by atoms with van der Waals surface area (Å²) in [7, 11) is 0. The van der Waals surface area contributed by atoms with Gasteiger partial charge in [-0.05, 0) is 33.5 Å². The zero-order valence-electron chi connectivity index (χ0n) is 15.6. The zero-order valence-corrected chi connectivity index (χ0v) is 16.3. The maximum absolute atomic E-state index is 6.22. The van der Waals surface area contributed by atoms with Gasteiger partial charge in [-0.2, -0.15) is 9.97 Å². The van der Waals surface area contributed by atoms with Crippen molar-refractivity contribution in [3.8, 4) is 0 Å². The third-order valence-electron chi connectivity index (χ3n) is 5.00. The summed E-state index contributed by atoms with van der Waals surface area (Å²) in [5.41, 5.74) is 3.76. The van der Waals surface area contributed by atoms with E-state index in [0.717, 1.165) is 11.3 Å². The predicted octanol–water partition coefficient (Wildman–Crippen LogP) is 5.37. The number of nitrogens with one attached hydrogen (secondary N) is 1. The van der Waals surface area contributed by atoms with Crippen molar-refractivity contribution in [2.75, 3.05) is 4.90 Å². The van der Waals surface area contributed by atoms with Crippen LogP contribution in [0, 0.1) is 0 Å². The van der Waals surface area contributed by atoms with Gasteiger partial charge in [-0.1, -0.05) is 72.8 Å². The van der Waals surface area contributed by atoms with Gasteiger partial charge in [-0.25, -0.2) is 4.98 Å². The molecule has 0 aliphatic carbocycles. The molecular weight excluding hydrogens is 382 g/mol. The van der Waals surface area contributed by atoms with Gasteiger partial charge in [0, 0.05) is 13.1 Å². The van der Waals surface area contributed by atoms with Gasteiger partial charge >= 0.3 is 0 Å². The highest BCUT2D eigenvalue weighted by molar-refractivity contribution is 6.28. The molecule has 0 radical (unpaired) electrons. The summed E-state index contributed by atoms with van der Waals surface area (Å²) in [6.45, 7) is 1.36. The Labute approximate surface area is 173 Å². The molecule has 2 aromatic heterocycles. The second-order valence-electron chi connectivity index (χ2n) is 6.90. The molecule has 0 unspecified atom stereocenters. The average molecular weight is 400 g/mol. The Morgan fingerprint density at radius 1 is 0.828 bits per heavy atom. The second kappa shape index (κ2) is 7.53. The third kappa shape index (κ3) is 3.52. The fraction of sp³-hybridized carbons (Fsp3) is 0.0870. The van der Waals surface area contributed by atoms with Gasteiger partial charge in [0.1, 0.15) is 5.52 Å². The van der Waals surface area contributed by atoms with E-state index >= 15 is 0 Å². The van der Waals surface area contributed by atoms with Crippen LogP contribution in [0.1, 0.15) is 11.1 Å². The van der Waals surface area contributed by atoms with Crippen LogP contribution in [0.4, 0.5) is 5.82 Å².